The van der Waals surface area contributed by atoms with Gasteiger partial charge in [-0.2, -0.15) is 0 Å². The van der Waals surface area contributed by atoms with Gasteiger partial charge in [-0.15, -0.1) is 0 Å². The Labute approximate surface area is 120 Å². The maximum absolute atomic E-state index is 12.0. The van der Waals surface area contributed by atoms with Gasteiger partial charge in [0, 0.05) is 26.6 Å². The van der Waals surface area contributed by atoms with Crippen molar-refractivity contribution in [1.82, 2.24) is 10.2 Å². The summed E-state index contributed by atoms with van der Waals surface area (Å²) in [5.41, 5.74) is 0. The molecule has 1 fully saturated rings. The van der Waals surface area contributed by atoms with E-state index in [1.165, 1.54) is 7.05 Å². The number of nitrogens with zero attached hydrogens (tertiary/aromatic N) is 1. The minimum atomic E-state index is -3.41. The van der Waals surface area contributed by atoms with E-state index in [1.807, 2.05) is 6.92 Å². The van der Waals surface area contributed by atoms with Gasteiger partial charge in [0.25, 0.3) is 0 Å². The van der Waals surface area contributed by atoms with Crippen LogP contribution in [0.1, 0.15) is 39.0 Å². The second-order valence-corrected chi connectivity index (χ2v) is 7.45. The first kappa shape index (κ1) is 16.9. The molecule has 1 heterocycles. The summed E-state index contributed by atoms with van der Waals surface area (Å²) in [6.45, 7) is 2.98. The summed E-state index contributed by atoms with van der Waals surface area (Å²) in [5, 5.41) is 1.82. The summed E-state index contributed by atoms with van der Waals surface area (Å²) >= 11 is 0. The molecule has 0 atom stereocenters. The number of likely N-dealkylation sites (tertiary alicyclic amines) is 1. The predicted octanol–water partition coefficient (Wildman–Crippen LogP) is 0.328. The van der Waals surface area contributed by atoms with Gasteiger partial charge in [0.15, 0.2) is 9.84 Å². The zero-order valence-electron chi connectivity index (χ0n) is 12.2. The van der Waals surface area contributed by atoms with Crippen LogP contribution >= 0.6 is 0 Å². The SMILES string of the molecule is CCCCC(=O)N1CCC(S(=O)(=O)CC(=O)NC)CC1. The van der Waals surface area contributed by atoms with E-state index >= 15 is 0 Å². The molecule has 0 bridgehead atoms. The Morgan fingerprint density at radius 1 is 1.25 bits per heavy atom. The maximum Gasteiger partial charge on any atom is 0.234 e. The average Bonchev–Trinajstić information content (AvgIpc) is 2.44. The quantitative estimate of drug-likeness (QED) is 0.766. The van der Waals surface area contributed by atoms with Crippen LogP contribution in [0.5, 0.6) is 0 Å². The van der Waals surface area contributed by atoms with Crippen LogP contribution < -0.4 is 5.32 Å². The number of piperidine rings is 1. The Morgan fingerprint density at radius 3 is 2.35 bits per heavy atom. The van der Waals surface area contributed by atoms with Crippen molar-refractivity contribution in [3.8, 4) is 0 Å². The number of rotatable bonds is 6. The van der Waals surface area contributed by atoms with Crippen LogP contribution in [0, 0.1) is 0 Å². The third-order valence-corrected chi connectivity index (χ3v) is 5.81. The van der Waals surface area contributed by atoms with Gasteiger partial charge in [0.2, 0.25) is 11.8 Å². The zero-order chi connectivity index (χ0) is 15.2. The molecule has 0 radical (unpaired) electrons. The molecule has 1 N–H and O–H groups in total. The molecule has 7 heteroatoms. The molecule has 0 saturated carbocycles. The number of carbonyl (C=O) groups is 2. The van der Waals surface area contributed by atoms with Crippen LogP contribution in [-0.4, -0.2) is 56.3 Å². The molecule has 1 aliphatic heterocycles. The maximum atomic E-state index is 12.0. The first-order valence-electron chi connectivity index (χ1n) is 7.10. The summed E-state index contributed by atoms with van der Waals surface area (Å²) in [7, 11) is -1.99. The van der Waals surface area contributed by atoms with Gasteiger partial charge in [0.1, 0.15) is 5.75 Å². The summed E-state index contributed by atoms with van der Waals surface area (Å²) in [4.78, 5) is 24.8. The molecule has 0 aliphatic carbocycles. The first-order valence-corrected chi connectivity index (χ1v) is 8.82. The van der Waals surface area contributed by atoms with Crippen LogP contribution in [0.15, 0.2) is 0 Å². The van der Waals surface area contributed by atoms with Crippen molar-refractivity contribution < 1.29 is 18.0 Å². The summed E-state index contributed by atoms with van der Waals surface area (Å²) in [6, 6.07) is 0. The van der Waals surface area contributed by atoms with Crippen molar-refractivity contribution in [2.75, 3.05) is 25.9 Å². The van der Waals surface area contributed by atoms with Crippen molar-refractivity contribution in [2.24, 2.45) is 0 Å². The van der Waals surface area contributed by atoms with E-state index in [1.54, 1.807) is 4.90 Å². The number of carbonyl (C=O) groups excluding carboxylic acids is 2. The van der Waals surface area contributed by atoms with E-state index in [4.69, 9.17) is 0 Å². The molecule has 2 amide bonds. The highest BCUT2D eigenvalue weighted by atomic mass is 32.2. The van der Waals surface area contributed by atoms with E-state index in [2.05, 4.69) is 5.32 Å². The Hall–Kier alpha value is -1.11. The molecule has 0 aromatic rings. The fraction of sp³-hybridized carbons (Fsp3) is 0.846. The number of hydrogen-bond donors (Lipinski definition) is 1. The van der Waals surface area contributed by atoms with Gasteiger partial charge < -0.3 is 10.2 Å². The van der Waals surface area contributed by atoms with Crippen molar-refractivity contribution in [1.29, 1.82) is 0 Å². The Kier molecular flexibility index (Phi) is 6.45. The lowest BCUT2D eigenvalue weighted by Crippen LogP contribution is -2.44. The predicted molar refractivity (Wildman–Crippen MR) is 77.0 cm³/mol. The molecule has 1 saturated heterocycles. The molecule has 0 spiro atoms. The van der Waals surface area contributed by atoms with E-state index in [0.717, 1.165) is 12.8 Å². The fourth-order valence-electron chi connectivity index (χ4n) is 2.32. The van der Waals surface area contributed by atoms with Gasteiger partial charge in [-0.05, 0) is 19.3 Å². The van der Waals surface area contributed by atoms with E-state index < -0.39 is 26.7 Å². The third kappa shape index (κ3) is 4.77. The minimum absolute atomic E-state index is 0.106. The second-order valence-electron chi connectivity index (χ2n) is 5.16. The van der Waals surface area contributed by atoms with Crippen molar-refractivity contribution in [3.05, 3.63) is 0 Å². The highest BCUT2D eigenvalue weighted by molar-refractivity contribution is 7.92. The lowest BCUT2D eigenvalue weighted by atomic mass is 10.1. The van der Waals surface area contributed by atoms with Crippen LogP contribution in [0.2, 0.25) is 0 Å². The summed E-state index contributed by atoms with van der Waals surface area (Å²) in [5.74, 6) is -0.835. The topological polar surface area (TPSA) is 83.6 Å². The summed E-state index contributed by atoms with van der Waals surface area (Å²) in [6.07, 6.45) is 3.23. The number of sulfone groups is 1. The van der Waals surface area contributed by atoms with E-state index in [0.29, 0.717) is 32.4 Å². The van der Waals surface area contributed by atoms with E-state index in [-0.39, 0.29) is 5.91 Å². The molecule has 1 aliphatic rings. The number of hydrogen-bond acceptors (Lipinski definition) is 4. The lowest BCUT2D eigenvalue weighted by Gasteiger charge is -2.31. The number of nitrogens with one attached hydrogen (secondary N) is 1. The number of amides is 2. The van der Waals surface area contributed by atoms with Gasteiger partial charge >= 0.3 is 0 Å². The normalized spacial score (nSPS) is 17.0. The molecule has 20 heavy (non-hydrogen) atoms. The smallest absolute Gasteiger partial charge is 0.234 e. The van der Waals surface area contributed by atoms with E-state index in [9.17, 15) is 18.0 Å². The van der Waals surface area contributed by atoms with Crippen molar-refractivity contribution in [3.63, 3.8) is 0 Å². The minimum Gasteiger partial charge on any atom is -0.358 e. The fourth-order valence-corrected chi connectivity index (χ4v) is 4.00. The van der Waals surface area contributed by atoms with Gasteiger partial charge in [-0.3, -0.25) is 9.59 Å². The average molecular weight is 304 g/mol. The largest absolute Gasteiger partial charge is 0.358 e. The molecule has 0 aromatic carbocycles. The van der Waals surface area contributed by atoms with Gasteiger partial charge in [-0.1, -0.05) is 13.3 Å². The summed E-state index contributed by atoms with van der Waals surface area (Å²) < 4.78 is 24.1. The van der Waals surface area contributed by atoms with Gasteiger partial charge in [0.05, 0.1) is 5.25 Å². The number of unbranched alkanes of at least 4 members (excludes halogenated alkanes) is 1. The monoisotopic (exact) mass is 304 g/mol. The molecular formula is C13H24N2O4S. The molecule has 116 valence electrons. The van der Waals surface area contributed by atoms with Crippen LogP contribution in [0.4, 0.5) is 0 Å². The third-order valence-electron chi connectivity index (χ3n) is 3.66. The molecule has 0 unspecified atom stereocenters. The molecular weight excluding hydrogens is 280 g/mol. The first-order chi connectivity index (χ1) is 9.40. The lowest BCUT2D eigenvalue weighted by molar-refractivity contribution is -0.132. The molecule has 1 rings (SSSR count). The Bertz CT molecular complexity index is 439. The van der Waals surface area contributed by atoms with Crippen molar-refractivity contribution in [2.45, 2.75) is 44.3 Å². The Morgan fingerprint density at radius 2 is 1.85 bits per heavy atom. The zero-order valence-corrected chi connectivity index (χ0v) is 13.0. The molecule has 6 nitrogen and oxygen atoms in total. The van der Waals surface area contributed by atoms with Crippen LogP contribution in [-0.2, 0) is 19.4 Å². The highest BCUT2D eigenvalue weighted by Crippen LogP contribution is 2.19. The Balaban J connectivity index is 2.49. The van der Waals surface area contributed by atoms with Gasteiger partial charge in [-0.25, -0.2) is 8.42 Å². The van der Waals surface area contributed by atoms with Crippen LogP contribution in [0.3, 0.4) is 0 Å². The van der Waals surface area contributed by atoms with Crippen LogP contribution in [0.25, 0.3) is 0 Å². The molecule has 0 aromatic heterocycles. The second kappa shape index (κ2) is 7.61. The van der Waals surface area contributed by atoms with Crippen molar-refractivity contribution >= 4 is 21.7 Å². The standard InChI is InChI=1S/C13H24N2O4S/c1-3-4-5-13(17)15-8-6-11(7-9-15)20(18,19)10-12(16)14-2/h11H,3-10H2,1-2H3,(H,14,16). The highest BCUT2D eigenvalue weighted by Gasteiger charge is 2.32.